The highest BCUT2D eigenvalue weighted by Gasteiger charge is 2.19. The van der Waals surface area contributed by atoms with Gasteiger partial charge >= 0.3 is 0 Å². The number of thioether (sulfide) groups is 1. The van der Waals surface area contributed by atoms with E-state index in [0.717, 1.165) is 28.3 Å². The molecule has 1 aromatic heterocycles. The van der Waals surface area contributed by atoms with Crippen molar-refractivity contribution in [2.24, 2.45) is 0 Å². The van der Waals surface area contributed by atoms with Gasteiger partial charge in [0.15, 0.2) is 22.5 Å². The van der Waals surface area contributed by atoms with Crippen molar-refractivity contribution in [2.45, 2.75) is 11.6 Å². The molecule has 0 saturated heterocycles. The number of aromatic nitrogens is 3. The zero-order valence-electron chi connectivity index (χ0n) is 22.7. The molecule has 3 aromatic carbocycles. The number of methoxy groups -OCH3 is 4. The predicted molar refractivity (Wildman–Crippen MR) is 152 cm³/mol. The molecule has 0 fully saturated rings. The molecule has 204 valence electrons. The van der Waals surface area contributed by atoms with Crippen LogP contribution in [0.2, 0.25) is 0 Å². The van der Waals surface area contributed by atoms with Crippen LogP contribution in [0.15, 0.2) is 71.9 Å². The lowest BCUT2D eigenvalue weighted by molar-refractivity contribution is -0.127. The van der Waals surface area contributed by atoms with E-state index < -0.39 is 0 Å². The molecule has 9 nitrogen and oxygen atoms in total. The number of benzene rings is 3. The van der Waals surface area contributed by atoms with E-state index in [1.807, 2.05) is 71.3 Å². The van der Waals surface area contributed by atoms with Gasteiger partial charge in [0.05, 0.1) is 34.2 Å². The third kappa shape index (κ3) is 6.64. The van der Waals surface area contributed by atoms with Crippen molar-refractivity contribution in [3.63, 3.8) is 0 Å². The molecule has 10 heteroatoms. The lowest BCUT2D eigenvalue weighted by Gasteiger charge is -2.18. The fourth-order valence-corrected chi connectivity index (χ4v) is 4.86. The Balaban J connectivity index is 1.50. The van der Waals surface area contributed by atoms with Gasteiger partial charge in [-0.15, -0.1) is 10.2 Å². The van der Waals surface area contributed by atoms with Gasteiger partial charge in [0.25, 0.3) is 0 Å². The molecule has 0 aliphatic rings. The SMILES string of the molecule is COc1ccc(-n2c(SCC(=O)N(C)CCc3ccc(OC)c(OC)c3)nnc2-c2cccc(OC)c2)cc1. The van der Waals surface area contributed by atoms with E-state index in [1.165, 1.54) is 11.8 Å². The Kier molecular flexibility index (Phi) is 9.32. The Hall–Kier alpha value is -4.18. The van der Waals surface area contributed by atoms with Crippen LogP contribution >= 0.6 is 11.8 Å². The second-order valence-corrected chi connectivity index (χ2v) is 9.56. The van der Waals surface area contributed by atoms with Crippen LogP contribution in [0.4, 0.5) is 0 Å². The van der Waals surface area contributed by atoms with Crippen molar-refractivity contribution in [1.29, 1.82) is 0 Å². The molecule has 39 heavy (non-hydrogen) atoms. The Bertz CT molecular complexity index is 1410. The van der Waals surface area contributed by atoms with E-state index in [1.54, 1.807) is 40.4 Å². The van der Waals surface area contributed by atoms with Crippen molar-refractivity contribution in [1.82, 2.24) is 19.7 Å². The predicted octanol–water partition coefficient (Wildman–Crippen LogP) is 4.76. The molecule has 1 heterocycles. The molecular weight excluding hydrogens is 516 g/mol. The molecule has 0 saturated carbocycles. The van der Waals surface area contributed by atoms with E-state index in [9.17, 15) is 4.79 Å². The number of amides is 1. The maximum Gasteiger partial charge on any atom is 0.232 e. The minimum absolute atomic E-state index is 0.00677. The number of hydrogen-bond donors (Lipinski definition) is 0. The van der Waals surface area contributed by atoms with E-state index in [2.05, 4.69) is 10.2 Å². The van der Waals surface area contributed by atoms with Gasteiger partial charge in [0.2, 0.25) is 5.91 Å². The molecule has 0 radical (unpaired) electrons. The number of carbonyl (C=O) groups excluding carboxylic acids is 1. The number of ether oxygens (including phenoxy) is 4. The molecule has 0 aliphatic carbocycles. The van der Waals surface area contributed by atoms with Crippen LogP contribution in [-0.2, 0) is 11.2 Å². The molecule has 4 aromatic rings. The molecule has 1 amide bonds. The first kappa shape index (κ1) is 27.8. The van der Waals surface area contributed by atoms with Crippen LogP contribution in [0, 0.1) is 0 Å². The van der Waals surface area contributed by atoms with Gasteiger partial charge in [-0.25, -0.2) is 0 Å². The highest BCUT2D eigenvalue weighted by Crippen LogP contribution is 2.31. The number of hydrogen-bond acceptors (Lipinski definition) is 8. The van der Waals surface area contributed by atoms with Gasteiger partial charge < -0.3 is 23.8 Å². The summed E-state index contributed by atoms with van der Waals surface area (Å²) in [6.07, 6.45) is 0.690. The van der Waals surface area contributed by atoms with E-state index in [0.29, 0.717) is 35.4 Å². The van der Waals surface area contributed by atoms with Crippen molar-refractivity contribution in [3.05, 3.63) is 72.3 Å². The van der Waals surface area contributed by atoms with Crippen molar-refractivity contribution in [3.8, 4) is 40.1 Å². The molecule has 0 unspecified atom stereocenters. The van der Waals surface area contributed by atoms with Crippen LogP contribution in [0.3, 0.4) is 0 Å². The Morgan fingerprint density at radius 1 is 0.846 bits per heavy atom. The Labute approximate surface area is 232 Å². The fraction of sp³-hybridized carbons (Fsp3) is 0.276. The third-order valence-electron chi connectivity index (χ3n) is 6.23. The molecule has 4 rings (SSSR count). The van der Waals surface area contributed by atoms with Gasteiger partial charge in [-0.3, -0.25) is 9.36 Å². The van der Waals surface area contributed by atoms with E-state index >= 15 is 0 Å². The monoisotopic (exact) mass is 548 g/mol. The number of nitrogens with zero attached hydrogens (tertiary/aromatic N) is 4. The lowest BCUT2D eigenvalue weighted by Crippen LogP contribution is -2.30. The third-order valence-corrected chi connectivity index (χ3v) is 7.14. The van der Waals surface area contributed by atoms with Crippen molar-refractivity contribution < 1.29 is 23.7 Å². The van der Waals surface area contributed by atoms with Gasteiger partial charge in [0, 0.05) is 24.8 Å². The summed E-state index contributed by atoms with van der Waals surface area (Å²) in [7, 11) is 8.28. The first-order chi connectivity index (χ1) is 19.0. The summed E-state index contributed by atoms with van der Waals surface area (Å²) in [6.45, 7) is 0.565. The Morgan fingerprint density at radius 3 is 2.28 bits per heavy atom. The quantitative estimate of drug-likeness (QED) is 0.234. The summed E-state index contributed by atoms with van der Waals surface area (Å²) in [5, 5.41) is 9.51. The van der Waals surface area contributed by atoms with Gasteiger partial charge in [0.1, 0.15) is 11.5 Å². The van der Waals surface area contributed by atoms with Crippen molar-refractivity contribution in [2.75, 3.05) is 47.8 Å². The summed E-state index contributed by atoms with van der Waals surface area (Å²) >= 11 is 1.35. The average Bonchev–Trinajstić information content (AvgIpc) is 3.42. The molecule has 0 spiro atoms. The second kappa shape index (κ2) is 13.1. The number of rotatable bonds is 12. The number of carbonyl (C=O) groups is 1. The minimum atomic E-state index is -0.00677. The van der Waals surface area contributed by atoms with Crippen LogP contribution in [0.25, 0.3) is 17.1 Å². The van der Waals surface area contributed by atoms with Gasteiger partial charge in [-0.2, -0.15) is 0 Å². The molecule has 0 atom stereocenters. The lowest BCUT2D eigenvalue weighted by atomic mass is 10.1. The number of likely N-dealkylation sites (N-methyl/N-ethyl adjacent to an activating group) is 1. The van der Waals surface area contributed by atoms with Gasteiger partial charge in [-0.05, 0) is 60.5 Å². The molecule has 0 bridgehead atoms. The maximum absolute atomic E-state index is 13.0. The molecular formula is C29H32N4O5S. The summed E-state index contributed by atoms with van der Waals surface area (Å²) in [6, 6.07) is 21.1. The van der Waals surface area contributed by atoms with E-state index in [-0.39, 0.29) is 11.7 Å². The van der Waals surface area contributed by atoms with Crippen LogP contribution < -0.4 is 18.9 Å². The zero-order valence-corrected chi connectivity index (χ0v) is 23.5. The minimum Gasteiger partial charge on any atom is -0.497 e. The van der Waals surface area contributed by atoms with Crippen LogP contribution in [-0.4, -0.2) is 73.4 Å². The summed E-state index contributed by atoms with van der Waals surface area (Å²) in [4.78, 5) is 14.7. The highest BCUT2D eigenvalue weighted by atomic mass is 32.2. The summed E-state index contributed by atoms with van der Waals surface area (Å²) in [5.41, 5.74) is 2.76. The summed E-state index contributed by atoms with van der Waals surface area (Å²) < 4.78 is 23.4. The summed E-state index contributed by atoms with van der Waals surface area (Å²) in [5.74, 6) is 3.67. The molecule has 0 aliphatic heterocycles. The highest BCUT2D eigenvalue weighted by molar-refractivity contribution is 7.99. The zero-order chi connectivity index (χ0) is 27.8. The van der Waals surface area contributed by atoms with E-state index in [4.69, 9.17) is 18.9 Å². The fourth-order valence-electron chi connectivity index (χ4n) is 3.97. The van der Waals surface area contributed by atoms with Crippen LogP contribution in [0.1, 0.15) is 5.56 Å². The topological polar surface area (TPSA) is 87.9 Å². The first-order valence-electron chi connectivity index (χ1n) is 12.3. The smallest absolute Gasteiger partial charge is 0.232 e. The largest absolute Gasteiger partial charge is 0.497 e. The standard InChI is InChI=1S/C29H32N4O5S/c1-32(16-15-20-9-14-25(37-4)26(17-20)38-5)27(34)19-39-29-31-30-28(21-7-6-8-24(18-21)36-3)33(29)22-10-12-23(35-2)13-11-22/h6-14,17-18H,15-16,19H2,1-5H3. The van der Waals surface area contributed by atoms with Gasteiger partial charge in [-0.1, -0.05) is 30.0 Å². The van der Waals surface area contributed by atoms with Crippen LogP contribution in [0.5, 0.6) is 23.0 Å². The van der Waals surface area contributed by atoms with Crippen molar-refractivity contribution >= 4 is 17.7 Å². The molecule has 0 N–H and O–H groups in total. The average molecular weight is 549 g/mol. The Morgan fingerprint density at radius 2 is 1.59 bits per heavy atom. The normalized spacial score (nSPS) is 10.7. The maximum atomic E-state index is 13.0. The second-order valence-electron chi connectivity index (χ2n) is 8.61. The first-order valence-corrected chi connectivity index (χ1v) is 13.3.